The quantitative estimate of drug-likeness (QED) is 0.553. The van der Waals surface area contributed by atoms with Crippen LogP contribution in [0.4, 0.5) is 4.39 Å². The first-order valence-corrected chi connectivity index (χ1v) is 4.52. The maximum Gasteiger partial charge on any atom is 0.177 e. The molecule has 0 heterocycles. The molecule has 0 aromatic heterocycles. The predicted octanol–water partition coefficient (Wildman–Crippen LogP) is 3.21. The minimum atomic E-state index is -0.597. The van der Waals surface area contributed by atoms with E-state index in [2.05, 4.69) is 0 Å². The van der Waals surface area contributed by atoms with Gasteiger partial charge in [0.2, 0.25) is 0 Å². The summed E-state index contributed by atoms with van der Waals surface area (Å²) in [7, 11) is 0. The van der Waals surface area contributed by atoms with Crippen molar-refractivity contribution in [1.82, 2.24) is 0 Å². The summed E-state index contributed by atoms with van der Waals surface area (Å²) in [6.45, 7) is 1.69. The monoisotopic (exact) mass is 220 g/mol. The number of carbonyl (C=O) groups excluding carboxylic acids is 1. The van der Waals surface area contributed by atoms with Crippen molar-refractivity contribution in [3.8, 4) is 0 Å². The van der Waals surface area contributed by atoms with Gasteiger partial charge in [-0.25, -0.2) is 4.39 Å². The van der Waals surface area contributed by atoms with E-state index in [1.807, 2.05) is 0 Å². The molecule has 0 aliphatic rings. The predicted molar refractivity (Wildman–Crippen MR) is 51.2 cm³/mol. The van der Waals surface area contributed by atoms with Crippen molar-refractivity contribution >= 4 is 29.0 Å². The van der Waals surface area contributed by atoms with Gasteiger partial charge in [0.25, 0.3) is 0 Å². The van der Waals surface area contributed by atoms with Gasteiger partial charge in [-0.3, -0.25) is 4.79 Å². The van der Waals surface area contributed by atoms with E-state index in [4.69, 9.17) is 23.2 Å². The minimum absolute atomic E-state index is 0.0172. The van der Waals surface area contributed by atoms with E-state index < -0.39 is 5.82 Å². The Kier molecular flexibility index (Phi) is 3.28. The van der Waals surface area contributed by atoms with Crippen molar-refractivity contribution in [3.05, 3.63) is 34.1 Å². The van der Waals surface area contributed by atoms with Crippen LogP contribution in [-0.2, 0) is 0 Å². The number of carbonyl (C=O) groups is 1. The summed E-state index contributed by atoms with van der Waals surface area (Å²) in [6, 6.07) is 2.53. The van der Waals surface area contributed by atoms with E-state index in [1.54, 1.807) is 6.92 Å². The molecule has 4 heteroatoms. The first-order chi connectivity index (χ1) is 6.06. The molecule has 0 spiro atoms. The average Bonchev–Trinajstić information content (AvgIpc) is 2.10. The standard InChI is InChI=1S/C9H7Cl2FO/c1-5-2-7(11)8(12)3-6(5)9(13)4-10/h2-3H,4H2,1H3. The largest absolute Gasteiger partial charge is 0.293 e. The van der Waals surface area contributed by atoms with Crippen LogP contribution in [0.5, 0.6) is 0 Å². The van der Waals surface area contributed by atoms with Crippen LogP contribution in [0, 0.1) is 12.7 Å². The molecule has 0 N–H and O–H groups in total. The van der Waals surface area contributed by atoms with Crippen LogP contribution in [0.3, 0.4) is 0 Å². The zero-order chi connectivity index (χ0) is 10.0. The number of aryl methyl sites for hydroxylation is 1. The van der Waals surface area contributed by atoms with Gasteiger partial charge >= 0.3 is 0 Å². The lowest BCUT2D eigenvalue weighted by Gasteiger charge is -2.03. The van der Waals surface area contributed by atoms with E-state index in [0.29, 0.717) is 5.56 Å². The molecule has 0 atom stereocenters. The van der Waals surface area contributed by atoms with Crippen molar-refractivity contribution in [2.45, 2.75) is 6.92 Å². The number of alkyl halides is 1. The second-order valence-corrected chi connectivity index (χ2v) is 3.31. The molecule has 1 aromatic carbocycles. The Morgan fingerprint density at radius 1 is 1.54 bits per heavy atom. The maximum absolute atomic E-state index is 12.9. The topological polar surface area (TPSA) is 17.1 Å². The molecule has 70 valence electrons. The summed E-state index contributed by atoms with van der Waals surface area (Å²) in [6.07, 6.45) is 0. The Labute approximate surface area is 85.5 Å². The molecule has 1 nitrogen and oxygen atoms in total. The molecule has 0 aliphatic heterocycles. The van der Waals surface area contributed by atoms with Crippen LogP contribution >= 0.6 is 23.2 Å². The molecule has 1 aromatic rings. The molecule has 1 rings (SSSR count). The highest BCUT2D eigenvalue weighted by atomic mass is 35.5. The molecule has 0 fully saturated rings. The summed E-state index contributed by atoms with van der Waals surface area (Å²) in [5, 5.41) is 0.0172. The zero-order valence-corrected chi connectivity index (χ0v) is 8.42. The lowest BCUT2D eigenvalue weighted by atomic mass is 10.1. The van der Waals surface area contributed by atoms with Crippen LogP contribution in [-0.4, -0.2) is 11.7 Å². The van der Waals surface area contributed by atoms with Gasteiger partial charge in [-0.15, -0.1) is 11.6 Å². The average molecular weight is 221 g/mol. The molecular formula is C9H7Cl2FO. The van der Waals surface area contributed by atoms with Crippen LogP contribution in [0.2, 0.25) is 5.02 Å². The van der Waals surface area contributed by atoms with Crippen LogP contribution < -0.4 is 0 Å². The summed E-state index contributed by atoms with van der Waals surface area (Å²) in [4.78, 5) is 11.2. The number of halogens is 3. The maximum atomic E-state index is 12.9. The zero-order valence-electron chi connectivity index (χ0n) is 6.90. The lowest BCUT2D eigenvalue weighted by molar-refractivity contribution is 0.102. The Morgan fingerprint density at radius 3 is 2.69 bits per heavy atom. The van der Waals surface area contributed by atoms with Crippen molar-refractivity contribution in [2.24, 2.45) is 0 Å². The molecular weight excluding hydrogens is 214 g/mol. The molecule has 0 amide bonds. The van der Waals surface area contributed by atoms with Gasteiger partial charge in [-0.05, 0) is 24.6 Å². The molecule has 0 bridgehead atoms. The molecule has 0 radical (unpaired) electrons. The second-order valence-electron chi connectivity index (χ2n) is 2.64. The first-order valence-electron chi connectivity index (χ1n) is 3.61. The van der Waals surface area contributed by atoms with Crippen molar-refractivity contribution in [3.63, 3.8) is 0 Å². The van der Waals surface area contributed by atoms with Crippen LogP contribution in [0.25, 0.3) is 0 Å². The highest BCUT2D eigenvalue weighted by Crippen LogP contribution is 2.20. The number of Topliss-reactive ketones (excluding diaryl/α,β-unsaturated/α-hetero) is 1. The Morgan fingerprint density at radius 2 is 2.15 bits per heavy atom. The normalized spacial score (nSPS) is 10.2. The SMILES string of the molecule is Cc1cc(Cl)c(F)cc1C(=O)CCl. The Bertz CT molecular complexity index is 350. The molecule has 0 unspecified atom stereocenters. The van der Waals surface area contributed by atoms with Crippen LogP contribution in [0.1, 0.15) is 15.9 Å². The number of hydrogen-bond donors (Lipinski definition) is 0. The third-order valence-corrected chi connectivity index (χ3v) is 2.22. The van der Waals surface area contributed by atoms with E-state index >= 15 is 0 Å². The first kappa shape index (κ1) is 10.5. The summed E-state index contributed by atoms with van der Waals surface area (Å²) in [5.41, 5.74) is 0.925. The fourth-order valence-corrected chi connectivity index (χ4v) is 1.38. The van der Waals surface area contributed by atoms with E-state index in [0.717, 1.165) is 6.07 Å². The van der Waals surface area contributed by atoms with Gasteiger partial charge in [0.1, 0.15) is 5.82 Å². The third-order valence-electron chi connectivity index (χ3n) is 1.69. The number of ketones is 1. The molecule has 0 saturated heterocycles. The summed E-state index contributed by atoms with van der Waals surface area (Å²) < 4.78 is 12.9. The van der Waals surface area contributed by atoms with E-state index in [1.165, 1.54) is 6.07 Å². The Balaban J connectivity index is 3.23. The number of benzene rings is 1. The van der Waals surface area contributed by atoms with Gasteiger partial charge < -0.3 is 0 Å². The van der Waals surface area contributed by atoms with Crippen molar-refractivity contribution in [2.75, 3.05) is 5.88 Å². The van der Waals surface area contributed by atoms with E-state index in [9.17, 15) is 9.18 Å². The second kappa shape index (κ2) is 4.07. The summed E-state index contributed by atoms with van der Waals surface area (Å²) in [5.74, 6) is -1.04. The smallest absolute Gasteiger partial charge is 0.177 e. The van der Waals surface area contributed by atoms with Crippen molar-refractivity contribution in [1.29, 1.82) is 0 Å². The lowest BCUT2D eigenvalue weighted by Crippen LogP contribution is -2.03. The minimum Gasteiger partial charge on any atom is -0.293 e. The molecule has 0 aliphatic carbocycles. The Hall–Kier alpha value is -0.600. The van der Waals surface area contributed by atoms with Gasteiger partial charge in [0.05, 0.1) is 10.9 Å². The van der Waals surface area contributed by atoms with Gasteiger partial charge in [0, 0.05) is 5.56 Å². The van der Waals surface area contributed by atoms with Crippen molar-refractivity contribution < 1.29 is 9.18 Å². The fourth-order valence-electron chi connectivity index (χ4n) is 1.02. The molecule has 0 saturated carbocycles. The number of rotatable bonds is 2. The van der Waals surface area contributed by atoms with E-state index in [-0.39, 0.29) is 22.2 Å². The summed E-state index contributed by atoms with van der Waals surface area (Å²) >= 11 is 10.9. The van der Waals surface area contributed by atoms with Gasteiger partial charge in [-0.2, -0.15) is 0 Å². The van der Waals surface area contributed by atoms with Crippen LogP contribution in [0.15, 0.2) is 12.1 Å². The third kappa shape index (κ3) is 2.20. The number of hydrogen-bond acceptors (Lipinski definition) is 1. The highest BCUT2D eigenvalue weighted by Gasteiger charge is 2.11. The van der Waals surface area contributed by atoms with Gasteiger partial charge in [0.15, 0.2) is 5.78 Å². The fraction of sp³-hybridized carbons (Fsp3) is 0.222. The van der Waals surface area contributed by atoms with Gasteiger partial charge in [-0.1, -0.05) is 11.6 Å². The molecule has 13 heavy (non-hydrogen) atoms. The highest BCUT2D eigenvalue weighted by molar-refractivity contribution is 6.32.